The summed E-state index contributed by atoms with van der Waals surface area (Å²) >= 11 is 0. The van der Waals surface area contributed by atoms with E-state index in [9.17, 15) is 0 Å². The smallest absolute Gasteiger partial charge is 0.194 e. The number of rotatable bonds is 1. The molecule has 0 aliphatic heterocycles. The first-order valence-corrected chi connectivity index (χ1v) is 6.75. The van der Waals surface area contributed by atoms with Gasteiger partial charge in [0.15, 0.2) is 0 Å². The summed E-state index contributed by atoms with van der Waals surface area (Å²) in [6, 6.07) is 17.5. The Labute approximate surface area is 113 Å². The van der Waals surface area contributed by atoms with Crippen LogP contribution in [0.2, 0.25) is 0 Å². The predicted octanol–water partition coefficient (Wildman–Crippen LogP) is 3.54. The van der Waals surface area contributed by atoms with E-state index in [0.717, 1.165) is 0 Å². The number of pyridine rings is 1. The van der Waals surface area contributed by atoms with Crippen LogP contribution in [0.25, 0.3) is 22.2 Å². The second-order valence-corrected chi connectivity index (χ2v) is 5.39. The van der Waals surface area contributed by atoms with Gasteiger partial charge in [0, 0.05) is 23.1 Å². The van der Waals surface area contributed by atoms with Crippen molar-refractivity contribution in [3.05, 3.63) is 65.2 Å². The van der Waals surface area contributed by atoms with Gasteiger partial charge in [0.25, 0.3) is 0 Å². The molecule has 0 atom stereocenters. The molecule has 1 nitrogen and oxygen atoms in total. The lowest BCUT2D eigenvalue weighted by Gasteiger charge is -2.05. The number of benzene rings is 2. The van der Waals surface area contributed by atoms with Crippen molar-refractivity contribution < 1.29 is 4.57 Å². The first-order chi connectivity index (χ1) is 9.25. The van der Waals surface area contributed by atoms with E-state index in [4.69, 9.17) is 0 Å². The topological polar surface area (TPSA) is 3.88 Å². The minimum atomic E-state index is 1.18. The first-order valence-electron chi connectivity index (χ1n) is 6.75. The summed E-state index contributed by atoms with van der Waals surface area (Å²) in [4.78, 5) is 0. The minimum absolute atomic E-state index is 1.18. The molecule has 1 aliphatic rings. The number of fused-ring (bicyclic) bond motifs is 2. The molecule has 0 radical (unpaired) electrons. The van der Waals surface area contributed by atoms with Gasteiger partial charge in [0.1, 0.15) is 7.05 Å². The van der Waals surface area contributed by atoms with Crippen molar-refractivity contribution in [2.75, 3.05) is 0 Å². The molecule has 0 amide bonds. The normalized spacial score (nSPS) is 12.5. The molecule has 19 heavy (non-hydrogen) atoms. The number of aryl methyl sites for hydroxylation is 1. The van der Waals surface area contributed by atoms with E-state index in [-0.39, 0.29) is 0 Å². The summed E-state index contributed by atoms with van der Waals surface area (Å²) in [5.41, 5.74) is 8.46. The Morgan fingerprint density at radius 3 is 2.68 bits per heavy atom. The molecule has 0 N–H and O–H groups in total. The quantitative estimate of drug-likeness (QED) is 0.452. The molecule has 0 unspecified atom stereocenters. The molecule has 0 saturated heterocycles. The average molecular weight is 246 g/mol. The summed E-state index contributed by atoms with van der Waals surface area (Å²) in [5.74, 6) is 0. The zero-order chi connectivity index (χ0) is 13.0. The Kier molecular flexibility index (Phi) is 2.08. The fraction of sp³-hybridized carbons (Fsp3) is 0.167. The van der Waals surface area contributed by atoms with Crippen LogP contribution < -0.4 is 4.57 Å². The van der Waals surface area contributed by atoms with Crippen LogP contribution in [0.1, 0.15) is 16.7 Å². The van der Waals surface area contributed by atoms with Gasteiger partial charge < -0.3 is 0 Å². The Morgan fingerprint density at radius 2 is 1.79 bits per heavy atom. The lowest BCUT2D eigenvalue weighted by atomic mass is 10.0. The molecule has 1 aromatic heterocycles. The number of aromatic nitrogens is 1. The molecular formula is C18H16N+. The van der Waals surface area contributed by atoms with Crippen LogP contribution in [0.3, 0.4) is 0 Å². The van der Waals surface area contributed by atoms with E-state index in [2.05, 4.69) is 67.1 Å². The summed E-state index contributed by atoms with van der Waals surface area (Å²) in [5, 5.41) is 1.29. The number of hydrogen-bond acceptors (Lipinski definition) is 0. The van der Waals surface area contributed by atoms with Crippen molar-refractivity contribution in [2.24, 2.45) is 7.05 Å². The van der Waals surface area contributed by atoms with Crippen LogP contribution >= 0.6 is 0 Å². The van der Waals surface area contributed by atoms with E-state index >= 15 is 0 Å². The van der Waals surface area contributed by atoms with Gasteiger partial charge in [-0.15, -0.1) is 0 Å². The van der Waals surface area contributed by atoms with Gasteiger partial charge in [-0.2, -0.15) is 4.57 Å². The molecule has 1 aliphatic carbocycles. The molecule has 0 fully saturated rings. The van der Waals surface area contributed by atoms with E-state index < -0.39 is 0 Å². The predicted molar refractivity (Wildman–Crippen MR) is 78.1 cm³/mol. The Bertz CT molecular complexity index is 815. The second kappa shape index (κ2) is 3.67. The summed E-state index contributed by atoms with van der Waals surface area (Å²) in [7, 11) is 2.16. The standard InChI is InChI=1S/C18H16N/c1-12-15(9-7-14-11-16(12)14)18-10-8-13-5-3-4-6-17(13)19(18)2/h3-10H,11H2,1-2H3/q+1. The SMILES string of the molecule is Cc1c(-c2ccc3ccccc3[n+]2C)ccc2c1C2. The summed E-state index contributed by atoms with van der Waals surface area (Å²) < 4.78 is 2.30. The maximum absolute atomic E-state index is 2.30. The van der Waals surface area contributed by atoms with E-state index in [1.165, 1.54) is 39.7 Å². The van der Waals surface area contributed by atoms with Crippen LogP contribution in [0, 0.1) is 6.92 Å². The molecule has 1 heterocycles. The maximum atomic E-state index is 2.30. The zero-order valence-electron chi connectivity index (χ0n) is 11.3. The average Bonchev–Trinajstić information content (AvgIpc) is 3.21. The van der Waals surface area contributed by atoms with Crippen LogP contribution in [-0.2, 0) is 13.5 Å². The lowest BCUT2D eigenvalue weighted by molar-refractivity contribution is -0.633. The highest BCUT2D eigenvalue weighted by atomic mass is 14.9. The van der Waals surface area contributed by atoms with Crippen molar-refractivity contribution in [1.82, 2.24) is 0 Å². The van der Waals surface area contributed by atoms with Crippen molar-refractivity contribution in [1.29, 1.82) is 0 Å². The number of hydrogen-bond donors (Lipinski definition) is 0. The van der Waals surface area contributed by atoms with Gasteiger partial charge >= 0.3 is 0 Å². The van der Waals surface area contributed by atoms with Crippen molar-refractivity contribution in [2.45, 2.75) is 13.3 Å². The van der Waals surface area contributed by atoms with Crippen LogP contribution in [0.15, 0.2) is 48.5 Å². The van der Waals surface area contributed by atoms with Crippen molar-refractivity contribution >= 4 is 10.9 Å². The Morgan fingerprint density at radius 1 is 0.947 bits per heavy atom. The van der Waals surface area contributed by atoms with Gasteiger partial charge in [-0.3, -0.25) is 0 Å². The third kappa shape index (κ3) is 1.51. The maximum Gasteiger partial charge on any atom is 0.213 e. The third-order valence-electron chi connectivity index (χ3n) is 4.29. The third-order valence-corrected chi connectivity index (χ3v) is 4.29. The molecule has 4 rings (SSSR count). The summed E-state index contributed by atoms with van der Waals surface area (Å²) in [6.45, 7) is 2.25. The molecule has 0 saturated carbocycles. The number of para-hydroxylation sites is 1. The van der Waals surface area contributed by atoms with Gasteiger partial charge in [-0.1, -0.05) is 18.2 Å². The fourth-order valence-electron chi connectivity index (χ4n) is 3.04. The lowest BCUT2D eigenvalue weighted by Crippen LogP contribution is -2.32. The van der Waals surface area contributed by atoms with Gasteiger partial charge in [0.2, 0.25) is 11.2 Å². The Hall–Kier alpha value is -2.15. The monoisotopic (exact) mass is 246 g/mol. The van der Waals surface area contributed by atoms with Crippen LogP contribution in [0.4, 0.5) is 0 Å². The van der Waals surface area contributed by atoms with E-state index in [1.807, 2.05) is 0 Å². The largest absolute Gasteiger partial charge is 0.213 e. The van der Waals surface area contributed by atoms with E-state index in [1.54, 1.807) is 5.56 Å². The minimum Gasteiger partial charge on any atom is -0.194 e. The highest BCUT2D eigenvalue weighted by Crippen LogP contribution is 2.36. The van der Waals surface area contributed by atoms with Gasteiger partial charge in [0.05, 0.1) is 0 Å². The summed E-state index contributed by atoms with van der Waals surface area (Å²) in [6.07, 6.45) is 1.18. The molecule has 0 bridgehead atoms. The fourth-order valence-corrected chi connectivity index (χ4v) is 3.04. The van der Waals surface area contributed by atoms with Crippen molar-refractivity contribution in [3.63, 3.8) is 0 Å². The van der Waals surface area contributed by atoms with Crippen molar-refractivity contribution in [3.8, 4) is 11.3 Å². The van der Waals surface area contributed by atoms with Gasteiger partial charge in [-0.05, 0) is 48.2 Å². The second-order valence-electron chi connectivity index (χ2n) is 5.39. The molecule has 0 spiro atoms. The van der Waals surface area contributed by atoms with Crippen LogP contribution in [-0.4, -0.2) is 0 Å². The molecule has 2 aromatic carbocycles. The van der Waals surface area contributed by atoms with E-state index in [0.29, 0.717) is 0 Å². The first kappa shape index (κ1) is 10.7. The molecular weight excluding hydrogens is 230 g/mol. The zero-order valence-corrected chi connectivity index (χ0v) is 11.3. The highest BCUT2D eigenvalue weighted by Gasteiger charge is 2.24. The van der Waals surface area contributed by atoms with Crippen LogP contribution in [0.5, 0.6) is 0 Å². The molecule has 1 heteroatoms. The van der Waals surface area contributed by atoms with Gasteiger partial charge in [-0.25, -0.2) is 0 Å². The molecule has 92 valence electrons. The molecule has 3 aromatic rings. The Balaban J connectivity index is 2.01. The highest BCUT2D eigenvalue weighted by molar-refractivity contribution is 5.78. The number of nitrogens with zero attached hydrogens (tertiary/aromatic N) is 1.